The predicted octanol–water partition coefficient (Wildman–Crippen LogP) is -1.49. The van der Waals surface area contributed by atoms with Crippen molar-refractivity contribution in [3.63, 3.8) is 0 Å². The van der Waals surface area contributed by atoms with Gasteiger partial charge in [-0.1, -0.05) is 5.56 Å². The average Bonchev–Trinajstić information content (AvgIpc) is 2.03. The van der Waals surface area contributed by atoms with E-state index in [0.29, 0.717) is 6.54 Å². The SMILES string of the molecule is CC(=O)[N-]Cc1ccncc1.[Na+]. The van der Waals surface area contributed by atoms with E-state index in [1.807, 2.05) is 12.1 Å². The summed E-state index contributed by atoms with van der Waals surface area (Å²) in [6.07, 6.45) is 3.37. The van der Waals surface area contributed by atoms with Gasteiger partial charge in [-0.05, 0) is 19.1 Å². The molecule has 0 unspecified atom stereocenters. The van der Waals surface area contributed by atoms with Crippen molar-refractivity contribution >= 4 is 5.91 Å². The van der Waals surface area contributed by atoms with Gasteiger partial charge in [-0.15, -0.1) is 6.54 Å². The first-order chi connectivity index (χ1) is 5.29. The smallest absolute Gasteiger partial charge is 0.650 e. The van der Waals surface area contributed by atoms with E-state index >= 15 is 0 Å². The molecule has 4 heteroatoms. The summed E-state index contributed by atoms with van der Waals surface area (Å²) < 4.78 is 0. The predicted molar refractivity (Wildman–Crippen MR) is 42.0 cm³/mol. The van der Waals surface area contributed by atoms with Crippen molar-refractivity contribution in [3.8, 4) is 0 Å². The standard InChI is InChI=1S/C8H10N2O.Na/c1-7(11)10-6-8-2-4-9-5-3-8;/h2-5H,6H2,1H3,(H,10,11);/q;+1/p-1. The molecule has 1 rings (SSSR count). The minimum Gasteiger partial charge on any atom is -0.650 e. The number of carbonyl (C=O) groups excluding carboxylic acids is 1. The molecule has 12 heavy (non-hydrogen) atoms. The monoisotopic (exact) mass is 172 g/mol. The molecule has 1 aromatic heterocycles. The minimum atomic E-state index is -0.137. The molecule has 1 amide bonds. The Bertz CT molecular complexity index is 238. The summed E-state index contributed by atoms with van der Waals surface area (Å²) in [5.41, 5.74) is 1.01. The number of pyridine rings is 1. The maximum Gasteiger partial charge on any atom is 1.00 e. The first-order valence-electron chi connectivity index (χ1n) is 3.36. The fraction of sp³-hybridized carbons (Fsp3) is 0.250. The van der Waals surface area contributed by atoms with Crippen molar-refractivity contribution in [1.82, 2.24) is 4.98 Å². The molecule has 1 heterocycles. The van der Waals surface area contributed by atoms with Crippen LogP contribution in [0.2, 0.25) is 0 Å². The molecule has 0 aliphatic carbocycles. The molecule has 0 fully saturated rings. The molecule has 0 atom stereocenters. The van der Waals surface area contributed by atoms with Crippen LogP contribution < -0.4 is 29.6 Å². The van der Waals surface area contributed by atoms with E-state index in [1.54, 1.807) is 12.4 Å². The number of amides is 1. The van der Waals surface area contributed by atoms with Crippen LogP contribution in [-0.4, -0.2) is 10.9 Å². The number of hydrogen-bond donors (Lipinski definition) is 0. The molecule has 1 aromatic rings. The van der Waals surface area contributed by atoms with Crippen LogP contribution >= 0.6 is 0 Å². The first kappa shape index (κ1) is 11.6. The zero-order valence-electron chi connectivity index (χ0n) is 7.32. The third-order valence-corrected chi connectivity index (χ3v) is 1.23. The summed E-state index contributed by atoms with van der Waals surface area (Å²) in [6.45, 7) is 1.90. The number of hydrogen-bond acceptors (Lipinski definition) is 2. The summed E-state index contributed by atoms with van der Waals surface area (Å²) in [5, 5.41) is 3.73. The van der Waals surface area contributed by atoms with Gasteiger partial charge in [0.15, 0.2) is 0 Å². The van der Waals surface area contributed by atoms with Crippen LogP contribution in [0.5, 0.6) is 0 Å². The molecule has 3 nitrogen and oxygen atoms in total. The molecular weight excluding hydrogens is 163 g/mol. The van der Waals surface area contributed by atoms with Gasteiger partial charge in [-0.2, -0.15) is 0 Å². The summed E-state index contributed by atoms with van der Waals surface area (Å²) in [5.74, 6) is -0.137. The molecule has 0 spiro atoms. The number of carbonyl (C=O) groups is 1. The van der Waals surface area contributed by atoms with Crippen LogP contribution in [0, 0.1) is 0 Å². The van der Waals surface area contributed by atoms with Crippen LogP contribution in [0.1, 0.15) is 12.5 Å². The fourth-order valence-corrected chi connectivity index (χ4v) is 0.691. The Labute approximate surface area is 93.9 Å². The molecule has 0 aliphatic rings. The van der Waals surface area contributed by atoms with Crippen molar-refractivity contribution in [2.45, 2.75) is 13.5 Å². The van der Waals surface area contributed by atoms with Gasteiger partial charge in [0.25, 0.3) is 0 Å². The number of nitrogens with zero attached hydrogens (tertiary/aromatic N) is 2. The van der Waals surface area contributed by atoms with Gasteiger partial charge in [-0.25, -0.2) is 0 Å². The van der Waals surface area contributed by atoms with Gasteiger partial charge in [0.05, 0.1) is 0 Å². The van der Waals surface area contributed by atoms with E-state index in [4.69, 9.17) is 0 Å². The van der Waals surface area contributed by atoms with E-state index in [2.05, 4.69) is 10.3 Å². The molecule has 0 radical (unpaired) electrons. The maximum atomic E-state index is 10.4. The molecule has 0 saturated heterocycles. The maximum absolute atomic E-state index is 10.4. The van der Waals surface area contributed by atoms with Gasteiger partial charge in [0.1, 0.15) is 0 Å². The molecule has 0 aliphatic heterocycles. The van der Waals surface area contributed by atoms with Crippen molar-refractivity contribution in [1.29, 1.82) is 0 Å². The van der Waals surface area contributed by atoms with Gasteiger partial charge in [-0.3, -0.25) is 4.98 Å². The Morgan fingerprint density at radius 2 is 2.08 bits per heavy atom. The topological polar surface area (TPSA) is 44.1 Å². The van der Waals surface area contributed by atoms with Crippen LogP contribution in [0.25, 0.3) is 5.32 Å². The Morgan fingerprint density at radius 1 is 1.50 bits per heavy atom. The minimum absolute atomic E-state index is 0. The van der Waals surface area contributed by atoms with Crippen molar-refractivity contribution in [2.24, 2.45) is 0 Å². The van der Waals surface area contributed by atoms with E-state index in [-0.39, 0.29) is 35.5 Å². The van der Waals surface area contributed by atoms with E-state index < -0.39 is 0 Å². The zero-order chi connectivity index (χ0) is 8.10. The Morgan fingerprint density at radius 3 is 2.58 bits per heavy atom. The van der Waals surface area contributed by atoms with E-state index in [9.17, 15) is 4.79 Å². The molecule has 0 bridgehead atoms. The van der Waals surface area contributed by atoms with E-state index in [1.165, 1.54) is 6.92 Å². The van der Waals surface area contributed by atoms with Crippen LogP contribution in [0.15, 0.2) is 24.5 Å². The molecular formula is C8H9N2NaO. The van der Waals surface area contributed by atoms with Gasteiger partial charge in [0.2, 0.25) is 0 Å². The van der Waals surface area contributed by atoms with Crippen LogP contribution in [0.3, 0.4) is 0 Å². The van der Waals surface area contributed by atoms with Crippen LogP contribution in [-0.2, 0) is 11.3 Å². The van der Waals surface area contributed by atoms with Crippen molar-refractivity contribution < 1.29 is 34.4 Å². The summed E-state index contributed by atoms with van der Waals surface area (Å²) in [4.78, 5) is 14.3. The largest absolute Gasteiger partial charge is 1.00 e. The second-order valence-corrected chi connectivity index (χ2v) is 2.19. The number of aromatic nitrogens is 1. The quantitative estimate of drug-likeness (QED) is 0.510. The third-order valence-electron chi connectivity index (χ3n) is 1.23. The zero-order valence-corrected chi connectivity index (χ0v) is 9.32. The normalized spacial score (nSPS) is 8.42. The fourth-order valence-electron chi connectivity index (χ4n) is 0.691. The van der Waals surface area contributed by atoms with Crippen LogP contribution in [0.4, 0.5) is 0 Å². The molecule has 0 N–H and O–H groups in total. The Balaban J connectivity index is 0.00000121. The summed E-state index contributed by atoms with van der Waals surface area (Å²) >= 11 is 0. The Hall–Kier alpha value is -0.380. The molecule has 0 aromatic carbocycles. The van der Waals surface area contributed by atoms with Gasteiger partial charge >= 0.3 is 29.6 Å². The average molecular weight is 172 g/mol. The second kappa shape index (κ2) is 6.17. The first-order valence-corrected chi connectivity index (χ1v) is 3.36. The summed E-state index contributed by atoms with van der Waals surface area (Å²) in [6, 6.07) is 3.68. The van der Waals surface area contributed by atoms with E-state index in [0.717, 1.165) is 5.56 Å². The summed E-state index contributed by atoms with van der Waals surface area (Å²) in [7, 11) is 0. The van der Waals surface area contributed by atoms with Gasteiger partial charge < -0.3 is 10.1 Å². The van der Waals surface area contributed by atoms with Gasteiger partial charge in [0, 0.05) is 18.3 Å². The molecule has 0 saturated carbocycles. The van der Waals surface area contributed by atoms with Crippen molar-refractivity contribution in [3.05, 3.63) is 35.4 Å². The second-order valence-electron chi connectivity index (χ2n) is 2.19. The molecule has 58 valence electrons. The third kappa shape index (κ3) is 4.49. The Kier molecular flexibility index (Phi) is 5.98. The van der Waals surface area contributed by atoms with Crippen molar-refractivity contribution in [2.75, 3.05) is 0 Å². The number of rotatable bonds is 2.